The summed E-state index contributed by atoms with van der Waals surface area (Å²) < 4.78 is 36.3. The molecule has 0 aliphatic carbocycles. The van der Waals surface area contributed by atoms with Crippen LogP contribution in [0.1, 0.15) is 32.1 Å². The Kier molecular flexibility index (Phi) is 5.39. The van der Waals surface area contributed by atoms with Gasteiger partial charge in [-0.25, -0.2) is 0 Å². The lowest BCUT2D eigenvalue weighted by atomic mass is 10.00. The molecular weight excluding hydrogens is 271 g/mol. The molecule has 0 spiro atoms. The van der Waals surface area contributed by atoms with Crippen molar-refractivity contribution in [2.45, 2.75) is 44.3 Å². The Bertz CT molecular complexity index is 182. The van der Waals surface area contributed by atoms with Gasteiger partial charge in [-0.15, -0.1) is 0 Å². The average Bonchev–Trinajstić information content (AvgIpc) is 2.16. The van der Waals surface area contributed by atoms with Gasteiger partial charge in [0.1, 0.15) is 0 Å². The van der Waals surface area contributed by atoms with Gasteiger partial charge in [0.05, 0.1) is 6.42 Å². The summed E-state index contributed by atoms with van der Waals surface area (Å²) in [6, 6.07) is 0.348. The average molecular weight is 288 g/mol. The Balaban J connectivity index is 2.35. The van der Waals surface area contributed by atoms with Crippen LogP contribution in [-0.2, 0) is 0 Å². The summed E-state index contributed by atoms with van der Waals surface area (Å²) >= 11 is 3.35. The molecule has 1 aliphatic rings. The number of piperidine rings is 1. The third kappa shape index (κ3) is 5.20. The van der Waals surface area contributed by atoms with Gasteiger partial charge in [0.2, 0.25) is 0 Å². The first-order valence-electron chi connectivity index (χ1n) is 5.39. The van der Waals surface area contributed by atoms with E-state index in [-0.39, 0.29) is 6.54 Å². The first-order chi connectivity index (χ1) is 7.03. The second kappa shape index (κ2) is 6.09. The molecule has 1 aliphatic heterocycles. The van der Waals surface area contributed by atoms with Crippen molar-refractivity contribution in [3.63, 3.8) is 0 Å². The van der Waals surface area contributed by atoms with Gasteiger partial charge in [-0.2, -0.15) is 13.2 Å². The number of halogens is 4. The normalized spacial score (nSPS) is 24.4. The van der Waals surface area contributed by atoms with Crippen LogP contribution in [0.25, 0.3) is 0 Å². The van der Waals surface area contributed by atoms with Crippen LogP contribution in [0.5, 0.6) is 0 Å². The van der Waals surface area contributed by atoms with Crippen LogP contribution in [0.2, 0.25) is 0 Å². The smallest absolute Gasteiger partial charge is 0.300 e. The topological polar surface area (TPSA) is 3.24 Å². The summed E-state index contributed by atoms with van der Waals surface area (Å²) in [6.45, 7) is 0.995. The van der Waals surface area contributed by atoms with Gasteiger partial charge < -0.3 is 4.90 Å². The van der Waals surface area contributed by atoms with Gasteiger partial charge in [0.25, 0.3) is 0 Å². The van der Waals surface area contributed by atoms with E-state index in [1.807, 2.05) is 4.90 Å². The van der Waals surface area contributed by atoms with Crippen LogP contribution >= 0.6 is 15.9 Å². The molecule has 0 aromatic rings. The van der Waals surface area contributed by atoms with Gasteiger partial charge in [-0.3, -0.25) is 0 Å². The van der Waals surface area contributed by atoms with E-state index in [2.05, 4.69) is 15.9 Å². The van der Waals surface area contributed by atoms with Crippen LogP contribution in [-0.4, -0.2) is 35.5 Å². The van der Waals surface area contributed by atoms with E-state index >= 15 is 0 Å². The van der Waals surface area contributed by atoms with Gasteiger partial charge >= 0.3 is 6.18 Å². The van der Waals surface area contributed by atoms with Gasteiger partial charge in [-0.05, 0) is 25.8 Å². The molecule has 1 heterocycles. The number of likely N-dealkylation sites (tertiary alicyclic amines) is 1. The number of hydrogen-bond donors (Lipinski definition) is 0. The standard InChI is InChI=1S/C10H17BrF3N/c11-6-4-9-3-1-2-7-15(9)8-5-10(12,13)14/h9H,1-8H2. The molecule has 0 saturated carbocycles. The fraction of sp³-hybridized carbons (Fsp3) is 1.00. The third-order valence-corrected chi connectivity index (χ3v) is 3.33. The van der Waals surface area contributed by atoms with Crippen molar-refractivity contribution >= 4 is 15.9 Å². The molecule has 1 rings (SSSR count). The minimum atomic E-state index is -4.02. The SMILES string of the molecule is FC(F)(F)CCN1CCCCC1CCBr. The molecule has 1 unspecified atom stereocenters. The summed E-state index contributed by atoms with van der Waals surface area (Å²) in [5.41, 5.74) is 0. The van der Waals surface area contributed by atoms with E-state index in [9.17, 15) is 13.2 Å². The van der Waals surface area contributed by atoms with E-state index in [4.69, 9.17) is 0 Å². The maximum Gasteiger partial charge on any atom is 0.390 e. The minimum absolute atomic E-state index is 0.168. The molecular formula is C10H17BrF3N. The molecule has 1 atom stereocenters. The molecule has 0 radical (unpaired) electrons. The van der Waals surface area contributed by atoms with Crippen molar-refractivity contribution in [2.24, 2.45) is 0 Å². The second-order valence-corrected chi connectivity index (χ2v) is 4.82. The van der Waals surface area contributed by atoms with Crippen LogP contribution in [0, 0.1) is 0 Å². The Hall–Kier alpha value is 0.230. The Labute approximate surface area is 97.1 Å². The molecule has 0 N–H and O–H groups in total. The maximum absolute atomic E-state index is 12.1. The summed E-state index contributed by atoms with van der Waals surface area (Å²) in [6.07, 6.45) is -0.500. The van der Waals surface area contributed by atoms with Crippen LogP contribution in [0.15, 0.2) is 0 Å². The number of rotatable bonds is 4. The predicted octanol–water partition coefficient (Wildman–Crippen LogP) is 3.58. The number of nitrogens with zero attached hydrogens (tertiary/aromatic N) is 1. The highest BCUT2D eigenvalue weighted by molar-refractivity contribution is 9.09. The highest BCUT2D eigenvalue weighted by Gasteiger charge is 2.30. The van der Waals surface area contributed by atoms with Crippen LogP contribution < -0.4 is 0 Å². The molecule has 0 aromatic carbocycles. The van der Waals surface area contributed by atoms with E-state index in [1.165, 1.54) is 0 Å². The van der Waals surface area contributed by atoms with E-state index in [0.29, 0.717) is 6.04 Å². The Morgan fingerprint density at radius 2 is 2.00 bits per heavy atom. The fourth-order valence-corrected chi connectivity index (χ4v) is 2.61. The molecule has 1 nitrogen and oxygen atoms in total. The van der Waals surface area contributed by atoms with E-state index in [0.717, 1.165) is 37.6 Å². The van der Waals surface area contributed by atoms with Crippen molar-refractivity contribution in [1.82, 2.24) is 4.90 Å². The molecule has 0 amide bonds. The van der Waals surface area contributed by atoms with Crippen molar-refractivity contribution in [1.29, 1.82) is 0 Å². The maximum atomic E-state index is 12.1. The minimum Gasteiger partial charge on any atom is -0.300 e. The monoisotopic (exact) mass is 287 g/mol. The quantitative estimate of drug-likeness (QED) is 0.715. The second-order valence-electron chi connectivity index (χ2n) is 4.03. The van der Waals surface area contributed by atoms with Crippen molar-refractivity contribution in [3.8, 4) is 0 Å². The summed E-state index contributed by atoms with van der Waals surface area (Å²) in [4.78, 5) is 2.00. The largest absolute Gasteiger partial charge is 0.390 e. The zero-order chi connectivity index (χ0) is 11.3. The first kappa shape index (κ1) is 13.3. The van der Waals surface area contributed by atoms with E-state index in [1.54, 1.807) is 0 Å². The van der Waals surface area contributed by atoms with Crippen molar-refractivity contribution < 1.29 is 13.2 Å². The van der Waals surface area contributed by atoms with Gasteiger partial charge in [0.15, 0.2) is 0 Å². The Morgan fingerprint density at radius 3 is 2.60 bits per heavy atom. The molecule has 0 aromatic heterocycles. The number of hydrogen-bond acceptors (Lipinski definition) is 1. The molecule has 1 saturated heterocycles. The highest BCUT2D eigenvalue weighted by Crippen LogP contribution is 2.24. The number of alkyl halides is 4. The highest BCUT2D eigenvalue weighted by atomic mass is 79.9. The Morgan fingerprint density at radius 1 is 1.27 bits per heavy atom. The third-order valence-electron chi connectivity index (χ3n) is 2.87. The van der Waals surface area contributed by atoms with E-state index < -0.39 is 12.6 Å². The van der Waals surface area contributed by atoms with Crippen LogP contribution in [0.4, 0.5) is 13.2 Å². The summed E-state index contributed by atoms with van der Waals surface area (Å²) in [5, 5.41) is 0.875. The molecule has 0 bridgehead atoms. The van der Waals surface area contributed by atoms with Crippen molar-refractivity contribution in [2.75, 3.05) is 18.4 Å². The van der Waals surface area contributed by atoms with Gasteiger partial charge in [-0.1, -0.05) is 22.4 Å². The molecule has 90 valence electrons. The molecule has 15 heavy (non-hydrogen) atoms. The summed E-state index contributed by atoms with van der Waals surface area (Å²) in [7, 11) is 0. The zero-order valence-corrected chi connectivity index (χ0v) is 10.3. The molecule has 1 fully saturated rings. The predicted molar refractivity (Wildman–Crippen MR) is 58.3 cm³/mol. The summed E-state index contributed by atoms with van der Waals surface area (Å²) in [5.74, 6) is 0. The first-order valence-corrected chi connectivity index (χ1v) is 6.52. The zero-order valence-electron chi connectivity index (χ0n) is 8.69. The van der Waals surface area contributed by atoms with Gasteiger partial charge in [0, 0.05) is 17.9 Å². The van der Waals surface area contributed by atoms with Crippen LogP contribution in [0.3, 0.4) is 0 Å². The lowest BCUT2D eigenvalue weighted by Gasteiger charge is -2.35. The lowest BCUT2D eigenvalue weighted by Crippen LogP contribution is -2.41. The lowest BCUT2D eigenvalue weighted by molar-refractivity contribution is -0.139. The molecule has 5 heteroatoms. The van der Waals surface area contributed by atoms with Crippen molar-refractivity contribution in [3.05, 3.63) is 0 Å². The fourth-order valence-electron chi connectivity index (χ4n) is 2.08.